The smallest absolute Gasteiger partial charge is 0.261 e. The molecule has 0 aliphatic heterocycles. The normalized spacial score (nSPS) is 11.6. The molecular weight excluding hydrogens is 373 g/mol. The minimum absolute atomic E-state index is 0.00260. The Bertz CT molecular complexity index is 1010. The van der Waals surface area contributed by atoms with Crippen molar-refractivity contribution >= 4 is 37.2 Å². The van der Waals surface area contributed by atoms with Crippen molar-refractivity contribution < 1.29 is 17.6 Å². The summed E-state index contributed by atoms with van der Waals surface area (Å²) in [5.41, 5.74) is 0.754. The molecule has 0 saturated heterocycles. The molecule has 0 bridgehead atoms. The molecule has 1 heterocycles. The highest BCUT2D eigenvalue weighted by atomic mass is 32.2. The molecule has 0 fully saturated rings. The van der Waals surface area contributed by atoms with E-state index in [0.29, 0.717) is 21.4 Å². The molecule has 1 N–H and O–H groups in total. The summed E-state index contributed by atoms with van der Waals surface area (Å²) in [7, 11) is -3.22. The lowest BCUT2D eigenvalue weighted by Crippen LogP contribution is -2.25. The highest BCUT2D eigenvalue weighted by Crippen LogP contribution is 2.27. The second-order valence-electron chi connectivity index (χ2n) is 5.95. The first-order chi connectivity index (χ1) is 12.4. The fourth-order valence-corrected chi connectivity index (χ4v) is 5.04. The van der Waals surface area contributed by atoms with Crippen LogP contribution in [0.3, 0.4) is 0 Å². The van der Waals surface area contributed by atoms with Crippen LogP contribution in [0.1, 0.15) is 21.7 Å². The second-order valence-corrected chi connectivity index (χ2v) is 9.22. The number of fused-ring (bicyclic) bond motifs is 1. The number of nitrogens with one attached hydrogen (secondary N) is 1. The molecule has 3 rings (SSSR count). The lowest BCUT2D eigenvalue weighted by molar-refractivity contribution is 0.0958. The van der Waals surface area contributed by atoms with Crippen LogP contribution in [0, 0.1) is 5.82 Å². The molecule has 3 aromatic rings. The summed E-state index contributed by atoms with van der Waals surface area (Å²) in [6, 6.07) is 15.2. The maximum absolute atomic E-state index is 13.7. The highest BCUT2D eigenvalue weighted by molar-refractivity contribution is 7.90. The number of thiophene rings is 1. The molecule has 1 amide bonds. The van der Waals surface area contributed by atoms with Crippen molar-refractivity contribution in [2.45, 2.75) is 12.2 Å². The largest absolute Gasteiger partial charge is 0.351 e. The van der Waals surface area contributed by atoms with Crippen molar-refractivity contribution in [3.63, 3.8) is 0 Å². The van der Waals surface area contributed by atoms with Gasteiger partial charge in [0.15, 0.2) is 9.84 Å². The number of carbonyl (C=O) groups is 1. The maximum Gasteiger partial charge on any atom is 0.261 e. The predicted octanol–water partition coefficient (Wildman–Crippen LogP) is 3.78. The summed E-state index contributed by atoms with van der Waals surface area (Å²) in [4.78, 5) is 12.6. The summed E-state index contributed by atoms with van der Waals surface area (Å²) in [5, 5.41) is 3.12. The van der Waals surface area contributed by atoms with Crippen LogP contribution in [0.4, 0.5) is 4.39 Å². The van der Waals surface area contributed by atoms with Crippen LogP contribution < -0.4 is 5.32 Å². The van der Waals surface area contributed by atoms with Crippen LogP contribution in [0.2, 0.25) is 0 Å². The lowest BCUT2D eigenvalue weighted by atomic mass is 10.2. The standard InChI is InChI=1S/C19H18FNO3S2/c20-16-8-4-9-17-15(16)12-18(25-17)19(22)21-10-5-11-26(23,24)13-14-6-2-1-3-7-14/h1-4,6-9,12H,5,10-11,13H2,(H,21,22). The van der Waals surface area contributed by atoms with Gasteiger partial charge in [0.1, 0.15) is 5.82 Å². The minimum Gasteiger partial charge on any atom is -0.351 e. The number of amides is 1. The molecular formula is C19H18FNO3S2. The summed E-state index contributed by atoms with van der Waals surface area (Å²) in [6.07, 6.45) is 0.333. The van der Waals surface area contributed by atoms with E-state index in [-0.39, 0.29) is 29.8 Å². The second kappa shape index (κ2) is 7.97. The van der Waals surface area contributed by atoms with Crippen molar-refractivity contribution in [2.24, 2.45) is 0 Å². The van der Waals surface area contributed by atoms with Gasteiger partial charge in [-0.2, -0.15) is 0 Å². The third-order valence-corrected chi connectivity index (χ3v) is 6.66. The van der Waals surface area contributed by atoms with E-state index in [1.807, 2.05) is 6.07 Å². The van der Waals surface area contributed by atoms with Gasteiger partial charge in [-0.3, -0.25) is 4.79 Å². The van der Waals surface area contributed by atoms with Gasteiger partial charge in [-0.1, -0.05) is 36.4 Å². The fourth-order valence-electron chi connectivity index (χ4n) is 2.62. The zero-order valence-corrected chi connectivity index (χ0v) is 15.6. The number of rotatable bonds is 7. The molecule has 0 aliphatic rings. The van der Waals surface area contributed by atoms with E-state index in [0.717, 1.165) is 5.56 Å². The zero-order valence-electron chi connectivity index (χ0n) is 13.9. The van der Waals surface area contributed by atoms with Gasteiger partial charge in [-0.15, -0.1) is 11.3 Å². The van der Waals surface area contributed by atoms with E-state index in [1.165, 1.54) is 23.5 Å². The summed E-state index contributed by atoms with van der Waals surface area (Å²) in [5.74, 6) is -0.670. The fraction of sp³-hybridized carbons (Fsp3) is 0.211. The van der Waals surface area contributed by atoms with Gasteiger partial charge in [-0.25, -0.2) is 12.8 Å². The van der Waals surface area contributed by atoms with Gasteiger partial charge < -0.3 is 5.32 Å². The van der Waals surface area contributed by atoms with Crippen LogP contribution in [0.15, 0.2) is 54.6 Å². The molecule has 0 unspecified atom stereocenters. The van der Waals surface area contributed by atoms with Gasteiger partial charge >= 0.3 is 0 Å². The lowest BCUT2D eigenvalue weighted by Gasteiger charge is -2.06. The monoisotopic (exact) mass is 391 g/mol. The van der Waals surface area contributed by atoms with Crippen LogP contribution in [-0.4, -0.2) is 26.6 Å². The van der Waals surface area contributed by atoms with E-state index in [9.17, 15) is 17.6 Å². The third-order valence-electron chi connectivity index (χ3n) is 3.88. The number of sulfone groups is 1. The van der Waals surface area contributed by atoms with Crippen LogP contribution in [-0.2, 0) is 15.6 Å². The molecule has 136 valence electrons. The quantitative estimate of drug-likeness (QED) is 0.624. The van der Waals surface area contributed by atoms with Crippen LogP contribution in [0.5, 0.6) is 0 Å². The van der Waals surface area contributed by atoms with Crippen molar-refractivity contribution in [1.82, 2.24) is 5.32 Å². The topological polar surface area (TPSA) is 63.2 Å². The molecule has 0 aliphatic carbocycles. The Kier molecular flexibility index (Phi) is 5.68. The summed E-state index contributed by atoms with van der Waals surface area (Å²) < 4.78 is 38.6. The van der Waals surface area contributed by atoms with Crippen molar-refractivity contribution in [3.05, 3.63) is 70.9 Å². The van der Waals surface area contributed by atoms with Crippen LogP contribution >= 0.6 is 11.3 Å². The molecule has 0 radical (unpaired) electrons. The molecule has 26 heavy (non-hydrogen) atoms. The average Bonchev–Trinajstić information content (AvgIpc) is 3.05. The maximum atomic E-state index is 13.7. The Labute approximate surface area is 155 Å². The van der Waals surface area contributed by atoms with E-state index in [4.69, 9.17) is 0 Å². The van der Waals surface area contributed by atoms with E-state index >= 15 is 0 Å². The van der Waals surface area contributed by atoms with Gasteiger partial charge in [0, 0.05) is 16.6 Å². The van der Waals surface area contributed by atoms with Gasteiger partial charge in [0.05, 0.1) is 16.4 Å². The molecule has 0 spiro atoms. The Morgan fingerprint density at radius 2 is 1.85 bits per heavy atom. The number of halogens is 1. The molecule has 0 atom stereocenters. The Morgan fingerprint density at radius 1 is 1.08 bits per heavy atom. The van der Waals surface area contributed by atoms with Gasteiger partial charge in [0.25, 0.3) is 5.91 Å². The third kappa shape index (κ3) is 4.68. The van der Waals surface area contributed by atoms with E-state index < -0.39 is 9.84 Å². The molecule has 7 heteroatoms. The summed E-state index contributed by atoms with van der Waals surface area (Å²) >= 11 is 1.21. The molecule has 2 aromatic carbocycles. The molecule has 0 saturated carbocycles. The first-order valence-corrected chi connectivity index (χ1v) is 10.8. The van der Waals surface area contributed by atoms with Gasteiger partial charge in [-0.05, 0) is 30.2 Å². The molecule has 1 aromatic heterocycles. The van der Waals surface area contributed by atoms with Crippen molar-refractivity contribution in [2.75, 3.05) is 12.3 Å². The van der Waals surface area contributed by atoms with Gasteiger partial charge in [0.2, 0.25) is 0 Å². The number of carbonyl (C=O) groups excluding carboxylic acids is 1. The first-order valence-electron chi connectivity index (χ1n) is 8.15. The van der Waals surface area contributed by atoms with E-state index in [2.05, 4.69) is 5.32 Å². The number of hydrogen-bond donors (Lipinski definition) is 1. The highest BCUT2D eigenvalue weighted by Gasteiger charge is 2.14. The SMILES string of the molecule is O=C(NCCCS(=O)(=O)Cc1ccccc1)c1cc2c(F)cccc2s1. The van der Waals surface area contributed by atoms with Crippen LogP contribution in [0.25, 0.3) is 10.1 Å². The summed E-state index contributed by atoms with van der Waals surface area (Å²) in [6.45, 7) is 0.254. The minimum atomic E-state index is -3.22. The van der Waals surface area contributed by atoms with Crippen molar-refractivity contribution in [1.29, 1.82) is 0 Å². The predicted molar refractivity (Wildman–Crippen MR) is 103 cm³/mol. The average molecular weight is 391 g/mol. The zero-order chi connectivity index (χ0) is 18.6. The first kappa shape index (κ1) is 18.5. The Balaban J connectivity index is 1.51. The number of hydrogen-bond acceptors (Lipinski definition) is 4. The Morgan fingerprint density at radius 3 is 2.58 bits per heavy atom. The number of benzene rings is 2. The molecule has 4 nitrogen and oxygen atoms in total. The van der Waals surface area contributed by atoms with E-state index in [1.54, 1.807) is 36.4 Å². The van der Waals surface area contributed by atoms with Crippen molar-refractivity contribution in [3.8, 4) is 0 Å². The Hall–Kier alpha value is -2.25.